The van der Waals surface area contributed by atoms with Crippen molar-refractivity contribution in [1.82, 2.24) is 15.0 Å². The molecule has 3 aromatic heterocycles. The number of ether oxygens (including phenoxy) is 1. The summed E-state index contributed by atoms with van der Waals surface area (Å²) in [4.78, 5) is 14.0. The lowest BCUT2D eigenvalue weighted by molar-refractivity contribution is 0.399. The van der Waals surface area contributed by atoms with E-state index < -0.39 is 0 Å². The Labute approximate surface area is 120 Å². The van der Waals surface area contributed by atoms with Crippen molar-refractivity contribution in [3.05, 3.63) is 39.8 Å². The second kappa shape index (κ2) is 4.59. The standard InChI is InChI=1S/C15H15N3OS/c1-19-13-6-5-11-15(17-13)18-14(16-11)10-3-2-4-12-9(10)7-8-20-12/h5-8,10H,2-4H2,1H3,(H,16,17,18). The molecule has 5 heteroatoms. The van der Waals surface area contributed by atoms with E-state index in [1.54, 1.807) is 7.11 Å². The maximum Gasteiger partial charge on any atom is 0.215 e. The molecule has 4 nitrogen and oxygen atoms in total. The number of methoxy groups -OCH3 is 1. The van der Waals surface area contributed by atoms with E-state index in [1.807, 2.05) is 23.5 Å². The third-order valence-corrected chi connectivity index (χ3v) is 4.93. The van der Waals surface area contributed by atoms with Crippen LogP contribution in [0.5, 0.6) is 5.88 Å². The van der Waals surface area contributed by atoms with E-state index in [0.717, 1.165) is 23.4 Å². The summed E-state index contributed by atoms with van der Waals surface area (Å²) in [7, 11) is 1.63. The first kappa shape index (κ1) is 11.9. The maximum atomic E-state index is 5.16. The number of aryl methyl sites for hydroxylation is 1. The Hall–Kier alpha value is -1.88. The van der Waals surface area contributed by atoms with Gasteiger partial charge in [0.1, 0.15) is 5.82 Å². The topological polar surface area (TPSA) is 50.8 Å². The van der Waals surface area contributed by atoms with Crippen molar-refractivity contribution in [3.8, 4) is 5.88 Å². The van der Waals surface area contributed by atoms with Gasteiger partial charge in [0, 0.05) is 16.9 Å². The molecule has 0 saturated heterocycles. The fourth-order valence-electron chi connectivity index (χ4n) is 2.94. The lowest BCUT2D eigenvalue weighted by Crippen LogP contribution is -2.09. The maximum absolute atomic E-state index is 5.16. The van der Waals surface area contributed by atoms with Crippen LogP contribution in [0.4, 0.5) is 0 Å². The zero-order valence-electron chi connectivity index (χ0n) is 11.2. The molecule has 0 spiro atoms. The molecule has 20 heavy (non-hydrogen) atoms. The summed E-state index contributed by atoms with van der Waals surface area (Å²) in [6, 6.07) is 6.08. The van der Waals surface area contributed by atoms with Crippen LogP contribution in [-0.2, 0) is 6.42 Å². The van der Waals surface area contributed by atoms with Crippen LogP contribution >= 0.6 is 11.3 Å². The summed E-state index contributed by atoms with van der Waals surface area (Å²) in [6.45, 7) is 0. The van der Waals surface area contributed by atoms with Gasteiger partial charge in [-0.2, -0.15) is 4.98 Å². The van der Waals surface area contributed by atoms with Crippen LogP contribution in [0.25, 0.3) is 11.2 Å². The zero-order chi connectivity index (χ0) is 13.5. The van der Waals surface area contributed by atoms with Gasteiger partial charge in [-0.3, -0.25) is 0 Å². The summed E-state index contributed by atoms with van der Waals surface area (Å²) in [5, 5.41) is 2.19. The van der Waals surface area contributed by atoms with Crippen molar-refractivity contribution in [2.24, 2.45) is 0 Å². The monoisotopic (exact) mass is 285 g/mol. The van der Waals surface area contributed by atoms with Gasteiger partial charge in [-0.15, -0.1) is 11.3 Å². The quantitative estimate of drug-likeness (QED) is 0.784. The van der Waals surface area contributed by atoms with E-state index in [2.05, 4.69) is 26.4 Å². The van der Waals surface area contributed by atoms with Crippen LogP contribution in [0, 0.1) is 0 Å². The highest BCUT2D eigenvalue weighted by Gasteiger charge is 2.25. The van der Waals surface area contributed by atoms with Crippen molar-refractivity contribution in [2.75, 3.05) is 7.11 Å². The Morgan fingerprint density at radius 1 is 1.30 bits per heavy atom. The fraction of sp³-hybridized carbons (Fsp3) is 0.333. The summed E-state index contributed by atoms with van der Waals surface area (Å²) in [5.41, 5.74) is 3.15. The van der Waals surface area contributed by atoms with Crippen LogP contribution in [0.3, 0.4) is 0 Å². The molecule has 3 heterocycles. The van der Waals surface area contributed by atoms with E-state index in [0.29, 0.717) is 11.8 Å². The molecule has 0 fully saturated rings. The molecule has 0 aromatic carbocycles. The third-order valence-electron chi connectivity index (χ3n) is 3.93. The molecule has 1 aliphatic rings. The Morgan fingerprint density at radius 2 is 2.25 bits per heavy atom. The lowest BCUT2D eigenvalue weighted by Gasteiger charge is -2.20. The lowest BCUT2D eigenvalue weighted by atomic mass is 9.87. The molecule has 1 atom stereocenters. The van der Waals surface area contributed by atoms with Crippen LogP contribution in [0.1, 0.15) is 35.0 Å². The number of imidazole rings is 1. The number of nitrogens with zero attached hydrogens (tertiary/aromatic N) is 2. The van der Waals surface area contributed by atoms with Crippen molar-refractivity contribution in [1.29, 1.82) is 0 Å². The van der Waals surface area contributed by atoms with Crippen LogP contribution in [-0.4, -0.2) is 22.1 Å². The number of hydrogen-bond donors (Lipinski definition) is 1. The first-order chi connectivity index (χ1) is 9.85. The molecule has 0 amide bonds. The number of pyridine rings is 1. The average Bonchev–Trinajstić information content (AvgIpc) is 3.12. The van der Waals surface area contributed by atoms with Gasteiger partial charge in [-0.25, -0.2) is 4.98 Å². The van der Waals surface area contributed by atoms with E-state index >= 15 is 0 Å². The fourth-order valence-corrected chi connectivity index (χ4v) is 3.93. The second-order valence-corrected chi connectivity index (χ2v) is 6.09. The molecule has 0 aliphatic heterocycles. The van der Waals surface area contributed by atoms with Gasteiger partial charge in [-0.1, -0.05) is 0 Å². The Morgan fingerprint density at radius 3 is 3.15 bits per heavy atom. The predicted octanol–water partition coefficient (Wildman–Crippen LogP) is 3.50. The van der Waals surface area contributed by atoms with E-state index in [9.17, 15) is 0 Å². The number of aromatic nitrogens is 3. The van der Waals surface area contributed by atoms with Gasteiger partial charge in [0.15, 0.2) is 5.65 Å². The van der Waals surface area contributed by atoms with Gasteiger partial charge in [0.05, 0.1) is 12.6 Å². The minimum atomic E-state index is 0.380. The first-order valence-corrected chi connectivity index (χ1v) is 7.70. The van der Waals surface area contributed by atoms with E-state index in [-0.39, 0.29) is 0 Å². The molecule has 4 rings (SSSR count). The number of aromatic amines is 1. The predicted molar refractivity (Wildman–Crippen MR) is 79.5 cm³/mol. The normalized spacial score (nSPS) is 18.1. The number of hydrogen-bond acceptors (Lipinski definition) is 4. The van der Waals surface area contributed by atoms with Crippen LogP contribution < -0.4 is 4.74 Å². The van der Waals surface area contributed by atoms with Crippen LogP contribution in [0.2, 0.25) is 0 Å². The van der Waals surface area contributed by atoms with E-state index in [1.165, 1.54) is 23.3 Å². The van der Waals surface area contributed by atoms with Crippen molar-refractivity contribution in [3.63, 3.8) is 0 Å². The Bertz CT molecular complexity index is 761. The number of nitrogens with one attached hydrogen (secondary N) is 1. The summed E-state index contributed by atoms with van der Waals surface area (Å²) < 4.78 is 5.16. The van der Waals surface area contributed by atoms with Gasteiger partial charge in [-0.05, 0) is 42.3 Å². The molecule has 0 radical (unpaired) electrons. The van der Waals surface area contributed by atoms with Gasteiger partial charge < -0.3 is 9.72 Å². The van der Waals surface area contributed by atoms with Gasteiger partial charge >= 0.3 is 0 Å². The highest BCUT2D eigenvalue weighted by molar-refractivity contribution is 7.10. The smallest absolute Gasteiger partial charge is 0.215 e. The second-order valence-electron chi connectivity index (χ2n) is 5.09. The van der Waals surface area contributed by atoms with E-state index in [4.69, 9.17) is 4.74 Å². The largest absolute Gasteiger partial charge is 0.481 e. The molecule has 102 valence electrons. The van der Waals surface area contributed by atoms with Crippen molar-refractivity contribution < 1.29 is 4.74 Å². The Kier molecular flexibility index (Phi) is 2.73. The minimum absolute atomic E-state index is 0.380. The zero-order valence-corrected chi connectivity index (χ0v) is 12.0. The SMILES string of the molecule is COc1ccc2[nH]c(C3CCCc4sccc43)nc2n1. The molecular weight excluding hydrogens is 270 g/mol. The summed E-state index contributed by atoms with van der Waals surface area (Å²) in [6.07, 6.45) is 3.59. The molecule has 1 unspecified atom stereocenters. The summed E-state index contributed by atoms with van der Waals surface area (Å²) >= 11 is 1.86. The number of thiophene rings is 1. The molecule has 1 N–H and O–H groups in total. The van der Waals surface area contributed by atoms with Crippen LogP contribution in [0.15, 0.2) is 23.6 Å². The molecule has 3 aromatic rings. The molecule has 0 bridgehead atoms. The summed E-state index contributed by atoms with van der Waals surface area (Å²) in [5.74, 6) is 2.01. The average molecular weight is 285 g/mol. The number of rotatable bonds is 2. The van der Waals surface area contributed by atoms with Crippen molar-refractivity contribution >= 4 is 22.5 Å². The van der Waals surface area contributed by atoms with Gasteiger partial charge in [0.2, 0.25) is 5.88 Å². The molecular formula is C15H15N3OS. The Balaban J connectivity index is 1.80. The molecule has 1 aliphatic carbocycles. The minimum Gasteiger partial charge on any atom is -0.481 e. The number of fused-ring (bicyclic) bond motifs is 2. The number of H-pyrrole nitrogens is 1. The van der Waals surface area contributed by atoms with Crippen molar-refractivity contribution in [2.45, 2.75) is 25.2 Å². The highest BCUT2D eigenvalue weighted by Crippen LogP contribution is 2.38. The molecule has 0 saturated carbocycles. The third kappa shape index (κ3) is 1.81. The first-order valence-electron chi connectivity index (χ1n) is 6.82. The van der Waals surface area contributed by atoms with Gasteiger partial charge in [0.25, 0.3) is 0 Å². The highest BCUT2D eigenvalue weighted by atomic mass is 32.1.